The van der Waals surface area contributed by atoms with Crippen molar-refractivity contribution in [1.29, 1.82) is 0 Å². The van der Waals surface area contributed by atoms with Crippen LogP contribution in [-0.4, -0.2) is 39.3 Å². The summed E-state index contributed by atoms with van der Waals surface area (Å²) in [7, 11) is 0. The molecule has 2 fully saturated rings. The van der Waals surface area contributed by atoms with Gasteiger partial charge in [0.15, 0.2) is 11.3 Å². The summed E-state index contributed by atoms with van der Waals surface area (Å²) < 4.78 is 4.38. The van der Waals surface area contributed by atoms with E-state index in [1.807, 2.05) is 6.20 Å². The molecule has 0 aromatic carbocycles. The number of H-pyrrole nitrogens is 1. The van der Waals surface area contributed by atoms with Gasteiger partial charge in [-0.3, -0.25) is 4.40 Å². The van der Waals surface area contributed by atoms with Gasteiger partial charge in [0.05, 0.1) is 17.8 Å². The molecule has 0 amide bonds. The number of fused-ring (bicyclic) bond motifs is 3. The normalized spacial score (nSPS) is 25.7. The monoisotopic (exact) mass is 362 g/mol. The van der Waals surface area contributed by atoms with E-state index in [2.05, 4.69) is 52.3 Å². The molecule has 3 atom stereocenters. The summed E-state index contributed by atoms with van der Waals surface area (Å²) in [6, 6.07) is 2.45. The lowest BCUT2D eigenvalue weighted by molar-refractivity contribution is 0.418. The zero-order valence-corrected chi connectivity index (χ0v) is 15.3. The highest BCUT2D eigenvalue weighted by Crippen LogP contribution is 2.48. The second-order valence-corrected chi connectivity index (χ2v) is 7.96. The van der Waals surface area contributed by atoms with Gasteiger partial charge in [0.25, 0.3) is 0 Å². The number of aromatic amines is 1. The zero-order chi connectivity index (χ0) is 18.0. The van der Waals surface area contributed by atoms with Crippen LogP contribution in [0.1, 0.15) is 68.6 Å². The van der Waals surface area contributed by atoms with Crippen LogP contribution >= 0.6 is 0 Å². The molecule has 0 bridgehead atoms. The van der Waals surface area contributed by atoms with E-state index in [1.54, 1.807) is 12.5 Å². The van der Waals surface area contributed by atoms with E-state index in [1.165, 1.54) is 18.7 Å². The summed E-state index contributed by atoms with van der Waals surface area (Å²) >= 11 is 0. The van der Waals surface area contributed by atoms with Gasteiger partial charge in [0, 0.05) is 18.0 Å². The summed E-state index contributed by atoms with van der Waals surface area (Å²) in [5.41, 5.74) is 2.73. The Morgan fingerprint density at radius 3 is 2.93 bits per heavy atom. The van der Waals surface area contributed by atoms with Crippen molar-refractivity contribution in [3.8, 4) is 0 Å². The molecule has 2 aliphatic carbocycles. The quantitative estimate of drug-likeness (QED) is 0.602. The van der Waals surface area contributed by atoms with Crippen molar-refractivity contribution < 1.29 is 0 Å². The number of nitrogens with one attached hydrogen (secondary N) is 1. The maximum atomic E-state index is 4.60. The molecule has 1 N–H and O–H groups in total. The molecule has 8 heteroatoms. The Hall–Kier alpha value is -2.77. The van der Waals surface area contributed by atoms with Gasteiger partial charge in [0.2, 0.25) is 0 Å². The highest BCUT2D eigenvalue weighted by atomic mass is 15.4. The lowest BCUT2D eigenvalue weighted by atomic mass is 9.93. The molecule has 0 radical (unpaired) electrons. The highest BCUT2D eigenvalue weighted by Gasteiger charge is 2.40. The standard InChI is InChI=1S/C19H22N8/c1-2-11-7-13(27-18(12-3-4-12)22-10-23-27)8-14(11)19-25-24-16-9-21-17-15(26(16)19)5-6-20-17/h5-6,9-14,20H,2-4,7-8H2,1H3/t11-,13+,14+/m1/s1. The third-order valence-electron chi connectivity index (χ3n) is 6.38. The van der Waals surface area contributed by atoms with Crippen LogP contribution in [0, 0.1) is 5.92 Å². The fourth-order valence-electron chi connectivity index (χ4n) is 4.88. The Balaban J connectivity index is 1.42. The molecule has 4 heterocycles. The van der Waals surface area contributed by atoms with Crippen LogP contribution < -0.4 is 0 Å². The van der Waals surface area contributed by atoms with Crippen molar-refractivity contribution in [3.05, 3.63) is 36.4 Å². The van der Waals surface area contributed by atoms with E-state index < -0.39 is 0 Å². The molecule has 4 aromatic rings. The van der Waals surface area contributed by atoms with E-state index in [4.69, 9.17) is 0 Å². The van der Waals surface area contributed by atoms with Crippen molar-refractivity contribution in [1.82, 2.24) is 39.3 Å². The predicted octanol–water partition coefficient (Wildman–Crippen LogP) is 3.22. The van der Waals surface area contributed by atoms with Crippen molar-refractivity contribution in [3.63, 3.8) is 0 Å². The van der Waals surface area contributed by atoms with Crippen molar-refractivity contribution in [2.75, 3.05) is 0 Å². The van der Waals surface area contributed by atoms with Gasteiger partial charge in [-0.25, -0.2) is 14.6 Å². The van der Waals surface area contributed by atoms with Gasteiger partial charge in [0.1, 0.15) is 18.0 Å². The summed E-state index contributed by atoms with van der Waals surface area (Å²) in [5, 5.41) is 13.6. The van der Waals surface area contributed by atoms with E-state index in [-0.39, 0.29) is 0 Å². The Bertz CT molecular complexity index is 1120. The fourth-order valence-corrected chi connectivity index (χ4v) is 4.88. The summed E-state index contributed by atoms with van der Waals surface area (Å²) in [4.78, 5) is 12.2. The minimum atomic E-state index is 0.367. The molecule has 0 spiro atoms. The number of aromatic nitrogens is 8. The summed E-state index contributed by atoms with van der Waals surface area (Å²) in [5.74, 6) is 3.79. The third kappa shape index (κ3) is 2.25. The van der Waals surface area contributed by atoms with Gasteiger partial charge >= 0.3 is 0 Å². The van der Waals surface area contributed by atoms with Gasteiger partial charge in [-0.05, 0) is 37.7 Å². The number of hydrogen-bond donors (Lipinski definition) is 1. The van der Waals surface area contributed by atoms with Crippen LogP contribution in [0.15, 0.2) is 24.8 Å². The summed E-state index contributed by atoms with van der Waals surface area (Å²) in [6.45, 7) is 2.28. The van der Waals surface area contributed by atoms with E-state index in [0.29, 0.717) is 23.8 Å². The second kappa shape index (κ2) is 5.61. The average Bonchev–Trinajstić information content (AvgIpc) is 3.14. The molecule has 27 heavy (non-hydrogen) atoms. The van der Waals surface area contributed by atoms with E-state index in [0.717, 1.165) is 41.9 Å². The van der Waals surface area contributed by atoms with E-state index in [9.17, 15) is 0 Å². The Kier molecular flexibility index (Phi) is 3.18. The minimum Gasteiger partial charge on any atom is -0.345 e. The average molecular weight is 362 g/mol. The minimum absolute atomic E-state index is 0.367. The van der Waals surface area contributed by atoms with Crippen LogP contribution in [0.3, 0.4) is 0 Å². The third-order valence-corrected chi connectivity index (χ3v) is 6.38. The molecule has 0 unspecified atom stereocenters. The predicted molar refractivity (Wildman–Crippen MR) is 99.4 cm³/mol. The zero-order valence-electron chi connectivity index (χ0n) is 15.3. The molecule has 2 saturated carbocycles. The van der Waals surface area contributed by atoms with Gasteiger partial charge in [-0.1, -0.05) is 13.3 Å². The molecular weight excluding hydrogens is 340 g/mol. The number of rotatable bonds is 4. The van der Waals surface area contributed by atoms with Gasteiger partial charge in [-0.2, -0.15) is 5.10 Å². The second-order valence-electron chi connectivity index (χ2n) is 7.96. The lowest BCUT2D eigenvalue weighted by Gasteiger charge is -2.15. The fraction of sp³-hybridized carbons (Fsp3) is 0.526. The summed E-state index contributed by atoms with van der Waals surface area (Å²) in [6.07, 6.45) is 11.2. The van der Waals surface area contributed by atoms with Crippen LogP contribution in [-0.2, 0) is 0 Å². The highest BCUT2D eigenvalue weighted by molar-refractivity contribution is 5.74. The Labute approximate surface area is 156 Å². The first-order chi connectivity index (χ1) is 13.3. The first-order valence-corrected chi connectivity index (χ1v) is 9.90. The topological polar surface area (TPSA) is 89.6 Å². The molecule has 8 nitrogen and oxygen atoms in total. The maximum absolute atomic E-state index is 4.60. The first-order valence-electron chi connectivity index (χ1n) is 9.90. The SMILES string of the molecule is CC[C@@H]1C[C@H](n2ncnc2C2CC2)C[C@@H]1c1nnc2cnc3[nH]ccc3n12. The van der Waals surface area contributed by atoms with E-state index >= 15 is 0 Å². The smallest absolute Gasteiger partial charge is 0.179 e. The Morgan fingerprint density at radius 2 is 2.07 bits per heavy atom. The molecule has 0 aliphatic heterocycles. The van der Waals surface area contributed by atoms with Crippen molar-refractivity contribution in [2.45, 2.75) is 56.9 Å². The molecule has 138 valence electrons. The first kappa shape index (κ1) is 15.3. The molecule has 2 aliphatic rings. The maximum Gasteiger partial charge on any atom is 0.179 e. The van der Waals surface area contributed by atoms with Crippen LogP contribution in [0.4, 0.5) is 0 Å². The van der Waals surface area contributed by atoms with Crippen LogP contribution in [0.5, 0.6) is 0 Å². The van der Waals surface area contributed by atoms with Crippen LogP contribution in [0.2, 0.25) is 0 Å². The van der Waals surface area contributed by atoms with Gasteiger partial charge in [-0.15, -0.1) is 10.2 Å². The molecular formula is C19H22N8. The number of hydrogen-bond acceptors (Lipinski definition) is 5. The molecule has 4 aromatic heterocycles. The van der Waals surface area contributed by atoms with Crippen molar-refractivity contribution in [2.24, 2.45) is 5.92 Å². The van der Waals surface area contributed by atoms with Crippen molar-refractivity contribution >= 4 is 16.8 Å². The van der Waals surface area contributed by atoms with Gasteiger partial charge < -0.3 is 4.98 Å². The lowest BCUT2D eigenvalue weighted by Crippen LogP contribution is -2.11. The molecule has 0 saturated heterocycles. The number of nitrogens with zero attached hydrogens (tertiary/aromatic N) is 7. The molecule has 6 rings (SSSR count). The largest absolute Gasteiger partial charge is 0.345 e. The van der Waals surface area contributed by atoms with Crippen LogP contribution in [0.25, 0.3) is 16.8 Å². The Morgan fingerprint density at radius 1 is 1.15 bits per heavy atom.